The van der Waals surface area contributed by atoms with Gasteiger partial charge < -0.3 is 15.6 Å². The van der Waals surface area contributed by atoms with E-state index in [4.69, 9.17) is 22.3 Å². The molecule has 0 amide bonds. The van der Waals surface area contributed by atoms with E-state index in [1.807, 2.05) is 30.5 Å². The van der Waals surface area contributed by atoms with Gasteiger partial charge in [-0.2, -0.15) is 0 Å². The number of fused-ring (bicyclic) bond motifs is 1. The molecule has 3 heterocycles. The lowest BCUT2D eigenvalue weighted by atomic mass is 10.1. The largest absolute Gasteiger partial charge is 0.382 e. The monoisotopic (exact) mass is 441 g/mol. The molecular formula is C21H24ClN7S. The number of nitrogen functional groups attached to an aromatic ring is 1. The quantitative estimate of drug-likeness (QED) is 0.512. The Morgan fingerprint density at radius 1 is 1.30 bits per heavy atom. The molecule has 156 valence electrons. The van der Waals surface area contributed by atoms with E-state index in [0.29, 0.717) is 28.9 Å². The molecule has 1 aliphatic heterocycles. The first-order chi connectivity index (χ1) is 14.5. The molecule has 1 aromatic carbocycles. The van der Waals surface area contributed by atoms with Gasteiger partial charge in [-0.3, -0.25) is 4.99 Å². The minimum atomic E-state index is 0.393. The first-order valence-corrected chi connectivity index (χ1v) is 11.1. The van der Waals surface area contributed by atoms with Crippen LogP contribution in [0.5, 0.6) is 0 Å². The van der Waals surface area contributed by atoms with Crippen LogP contribution >= 0.6 is 23.4 Å². The Hall–Kier alpha value is -2.42. The molecule has 3 N–H and O–H groups in total. The Bertz CT molecular complexity index is 1120. The fraction of sp³-hybridized carbons (Fsp3) is 0.333. The average Bonchev–Trinajstić information content (AvgIpc) is 3.36. The lowest BCUT2D eigenvalue weighted by Gasteiger charge is -2.13. The molecule has 0 fully saturated rings. The molecule has 0 saturated heterocycles. The molecule has 0 radical (unpaired) electrons. The van der Waals surface area contributed by atoms with Crippen molar-refractivity contribution in [3.05, 3.63) is 41.2 Å². The second-order valence-electron chi connectivity index (χ2n) is 7.36. The van der Waals surface area contributed by atoms with Crippen LogP contribution in [0.3, 0.4) is 0 Å². The van der Waals surface area contributed by atoms with Gasteiger partial charge in [-0.15, -0.1) is 0 Å². The normalized spacial score (nSPS) is 13.5. The number of hydrogen-bond donors (Lipinski definition) is 2. The Labute approximate surface area is 184 Å². The maximum Gasteiger partial charge on any atom is 0.175 e. The van der Waals surface area contributed by atoms with Gasteiger partial charge in [0.05, 0.1) is 6.54 Å². The Morgan fingerprint density at radius 3 is 2.93 bits per heavy atom. The lowest BCUT2D eigenvalue weighted by Crippen LogP contribution is -2.24. The number of nitrogens with one attached hydrogen (secondary N) is 1. The van der Waals surface area contributed by atoms with Gasteiger partial charge in [-0.05, 0) is 48.4 Å². The van der Waals surface area contributed by atoms with E-state index in [1.165, 1.54) is 6.33 Å². The Balaban J connectivity index is 1.69. The van der Waals surface area contributed by atoms with Gasteiger partial charge in [0.2, 0.25) is 0 Å². The number of anilines is 1. The van der Waals surface area contributed by atoms with Crippen LogP contribution in [-0.2, 0) is 6.54 Å². The highest BCUT2D eigenvalue weighted by Gasteiger charge is 2.18. The van der Waals surface area contributed by atoms with Gasteiger partial charge in [0.1, 0.15) is 6.33 Å². The van der Waals surface area contributed by atoms with Gasteiger partial charge >= 0.3 is 0 Å². The van der Waals surface area contributed by atoms with E-state index >= 15 is 0 Å². The Kier molecular flexibility index (Phi) is 6.36. The molecule has 3 aromatic rings. The third kappa shape index (κ3) is 4.50. The number of hydrogen-bond acceptors (Lipinski definition) is 7. The van der Waals surface area contributed by atoms with Crippen molar-refractivity contribution in [2.75, 3.05) is 18.8 Å². The zero-order chi connectivity index (χ0) is 21.1. The molecule has 0 bridgehead atoms. The van der Waals surface area contributed by atoms with Crippen LogP contribution in [0.15, 0.2) is 45.6 Å². The van der Waals surface area contributed by atoms with Crippen LogP contribution in [0.2, 0.25) is 5.02 Å². The highest BCUT2D eigenvalue weighted by Crippen LogP contribution is 2.37. The molecule has 0 spiro atoms. The number of imidazole rings is 1. The molecule has 0 atom stereocenters. The number of nitrogens with two attached hydrogens (primary N) is 1. The third-order valence-corrected chi connectivity index (χ3v) is 6.07. The van der Waals surface area contributed by atoms with Crippen LogP contribution in [0.25, 0.3) is 16.7 Å². The fourth-order valence-electron chi connectivity index (χ4n) is 3.30. The fourth-order valence-corrected chi connectivity index (χ4v) is 4.53. The molecule has 4 rings (SSSR count). The van der Waals surface area contributed by atoms with E-state index < -0.39 is 0 Å². The maximum absolute atomic E-state index is 6.28. The Morgan fingerprint density at radius 2 is 2.17 bits per heavy atom. The van der Waals surface area contributed by atoms with Crippen LogP contribution in [-0.4, -0.2) is 44.9 Å². The van der Waals surface area contributed by atoms with Crippen molar-refractivity contribution in [2.24, 2.45) is 4.99 Å². The molecular weight excluding hydrogens is 418 g/mol. The summed E-state index contributed by atoms with van der Waals surface area (Å²) in [6.45, 7) is 6.64. The molecule has 9 heteroatoms. The van der Waals surface area contributed by atoms with Crippen LogP contribution in [0.4, 0.5) is 5.82 Å². The first-order valence-electron chi connectivity index (χ1n) is 9.90. The first kappa shape index (κ1) is 20.8. The number of nitrogens with zero attached hydrogens (tertiary/aromatic N) is 5. The van der Waals surface area contributed by atoms with Crippen molar-refractivity contribution >= 4 is 52.1 Å². The third-order valence-electron chi connectivity index (χ3n) is 4.77. The number of aryl methyl sites for hydroxylation is 1. The summed E-state index contributed by atoms with van der Waals surface area (Å²) in [4.78, 5) is 18.7. The summed E-state index contributed by atoms with van der Waals surface area (Å²) < 4.78 is 2.12. The number of benzene rings is 1. The predicted octanol–water partition coefficient (Wildman–Crippen LogP) is 4.07. The van der Waals surface area contributed by atoms with E-state index in [9.17, 15) is 0 Å². The van der Waals surface area contributed by atoms with Crippen molar-refractivity contribution in [3.8, 4) is 0 Å². The highest BCUT2D eigenvalue weighted by atomic mass is 35.5. The summed E-state index contributed by atoms with van der Waals surface area (Å²) in [5.41, 5.74) is 9.69. The molecule has 7 nitrogen and oxygen atoms in total. The van der Waals surface area contributed by atoms with Crippen molar-refractivity contribution in [3.63, 3.8) is 0 Å². The van der Waals surface area contributed by atoms with E-state index in [2.05, 4.69) is 38.7 Å². The number of halogens is 1. The van der Waals surface area contributed by atoms with Gasteiger partial charge in [0.15, 0.2) is 22.1 Å². The summed E-state index contributed by atoms with van der Waals surface area (Å²) in [5.74, 6) is 0.393. The SMILES string of the molecule is CC(C)NCCCn1c(Sc2ccc(Cl)cc2C2=CC=NC2)nc2c(N)ncnc21. The summed E-state index contributed by atoms with van der Waals surface area (Å²) in [6.07, 6.45) is 6.30. The number of aromatic nitrogens is 4. The lowest BCUT2D eigenvalue weighted by molar-refractivity contribution is 0.525. The van der Waals surface area contributed by atoms with Gasteiger partial charge in [0.25, 0.3) is 0 Å². The van der Waals surface area contributed by atoms with Gasteiger partial charge in [-0.25, -0.2) is 15.0 Å². The number of allylic oxidation sites excluding steroid dienone is 1. The molecule has 1 aliphatic rings. The molecule has 0 unspecified atom stereocenters. The summed E-state index contributed by atoms with van der Waals surface area (Å²) in [5, 5.41) is 4.99. The highest BCUT2D eigenvalue weighted by molar-refractivity contribution is 7.99. The molecule has 0 aliphatic carbocycles. The van der Waals surface area contributed by atoms with Crippen LogP contribution in [0.1, 0.15) is 25.8 Å². The zero-order valence-corrected chi connectivity index (χ0v) is 18.5. The molecule has 30 heavy (non-hydrogen) atoms. The summed E-state index contributed by atoms with van der Waals surface area (Å²) in [7, 11) is 0. The number of aliphatic imine (C=N–C) groups is 1. The molecule has 2 aromatic heterocycles. The van der Waals surface area contributed by atoms with Gasteiger partial charge in [0, 0.05) is 28.7 Å². The predicted molar refractivity (Wildman–Crippen MR) is 124 cm³/mol. The van der Waals surface area contributed by atoms with E-state index in [0.717, 1.165) is 46.3 Å². The van der Waals surface area contributed by atoms with Gasteiger partial charge in [-0.1, -0.05) is 37.2 Å². The average molecular weight is 442 g/mol. The van der Waals surface area contributed by atoms with E-state index in [1.54, 1.807) is 11.8 Å². The summed E-state index contributed by atoms with van der Waals surface area (Å²) in [6, 6.07) is 6.37. The standard InChI is InChI=1S/C21H24ClN7S/c1-13(2)25-7-3-9-29-20-18(19(23)26-12-27-20)28-21(29)30-17-5-4-15(22)10-16(17)14-6-8-24-11-14/h4-6,8,10,12-13,25H,3,7,9,11H2,1-2H3,(H2,23,26,27). The van der Waals surface area contributed by atoms with Crippen LogP contribution < -0.4 is 11.1 Å². The minimum absolute atomic E-state index is 0.393. The van der Waals surface area contributed by atoms with Crippen molar-refractivity contribution in [1.29, 1.82) is 0 Å². The van der Waals surface area contributed by atoms with E-state index in [-0.39, 0.29) is 0 Å². The maximum atomic E-state index is 6.28. The topological polar surface area (TPSA) is 94.0 Å². The zero-order valence-electron chi connectivity index (χ0n) is 17.0. The van der Waals surface area contributed by atoms with Crippen molar-refractivity contribution in [2.45, 2.75) is 42.9 Å². The van der Waals surface area contributed by atoms with Crippen molar-refractivity contribution < 1.29 is 0 Å². The van der Waals surface area contributed by atoms with Crippen molar-refractivity contribution in [1.82, 2.24) is 24.8 Å². The second kappa shape index (κ2) is 9.16. The summed E-state index contributed by atoms with van der Waals surface area (Å²) >= 11 is 7.87. The smallest absolute Gasteiger partial charge is 0.175 e. The number of rotatable bonds is 8. The minimum Gasteiger partial charge on any atom is -0.382 e. The molecule has 0 saturated carbocycles. The second-order valence-corrected chi connectivity index (χ2v) is 8.81. The van der Waals surface area contributed by atoms with Crippen LogP contribution in [0, 0.1) is 0 Å².